The van der Waals surface area contributed by atoms with Crippen molar-refractivity contribution in [2.75, 3.05) is 0 Å². The second-order valence-corrected chi connectivity index (χ2v) is 34.3. The summed E-state index contributed by atoms with van der Waals surface area (Å²) in [5.41, 5.74) is 13.1. The molecule has 9 rings (SSSR count). The Hall–Kier alpha value is -4.85. The molecule has 0 fully saturated rings. The van der Waals surface area contributed by atoms with Crippen LogP contribution in [0.15, 0.2) is 144 Å². The minimum absolute atomic E-state index is 0. The van der Waals surface area contributed by atoms with Crippen LogP contribution in [0, 0.1) is 12.1 Å². The van der Waals surface area contributed by atoms with Gasteiger partial charge in [-0.15, -0.1) is 35.9 Å². The summed E-state index contributed by atoms with van der Waals surface area (Å²) in [5.74, 6) is 8.73. The summed E-state index contributed by atoms with van der Waals surface area (Å²) < 4.78 is 10.6. The molecule has 0 N–H and O–H groups in total. The molecule has 3 heterocycles. The van der Waals surface area contributed by atoms with E-state index in [2.05, 4.69) is 189 Å². The van der Waals surface area contributed by atoms with E-state index in [4.69, 9.17) is 9.40 Å². The van der Waals surface area contributed by atoms with Gasteiger partial charge in [-0.2, -0.15) is 0 Å². The van der Waals surface area contributed by atoms with Crippen LogP contribution < -0.4 is 9.58 Å². The van der Waals surface area contributed by atoms with Gasteiger partial charge in [-0.05, 0) is 16.4 Å². The number of hydrogen-bond acceptors (Lipinski definition) is 3. The smallest absolute Gasteiger partial charge is 0.0795 e. The average Bonchev–Trinajstić information content (AvgIpc) is 3.82. The van der Waals surface area contributed by atoms with Gasteiger partial charge in [-0.1, -0.05) is 62.1 Å². The van der Waals surface area contributed by atoms with Crippen LogP contribution >= 0.6 is 0 Å². The van der Waals surface area contributed by atoms with E-state index in [9.17, 15) is 0 Å². The van der Waals surface area contributed by atoms with Gasteiger partial charge in [0.2, 0.25) is 0 Å². The Bertz CT molecular complexity index is 2910. The molecule has 0 bridgehead atoms. The number of fused-ring (bicyclic) bond motifs is 4. The molecule has 0 saturated carbocycles. The Morgan fingerprint density at radius 2 is 1.36 bits per heavy atom. The normalized spacial score (nSPS) is 11.9. The number of para-hydroxylation sites is 2. The Labute approximate surface area is 379 Å². The monoisotopic (exact) mass is 1060 g/mol. The number of pyridine rings is 1. The van der Waals surface area contributed by atoms with E-state index in [0.717, 1.165) is 55.6 Å². The van der Waals surface area contributed by atoms with Gasteiger partial charge in [-0.3, -0.25) is 0 Å². The van der Waals surface area contributed by atoms with Gasteiger partial charge in [0.1, 0.15) is 0 Å². The molecule has 0 atom stereocenters. The molecule has 9 aromatic rings. The van der Waals surface area contributed by atoms with Gasteiger partial charge >= 0.3 is 228 Å². The summed E-state index contributed by atoms with van der Waals surface area (Å²) >= 11 is -2.04. The van der Waals surface area contributed by atoms with Crippen molar-refractivity contribution >= 4 is 63.9 Å². The molecule has 1 radical (unpaired) electrons. The number of imidazole rings is 1. The summed E-state index contributed by atoms with van der Waals surface area (Å²) in [6.45, 7) is 16.2. The zero-order valence-corrected chi connectivity index (χ0v) is 42.5. The molecule has 311 valence electrons. The molecule has 0 saturated heterocycles. The molecule has 3 aromatic heterocycles. The molecular formula is C54H55GeIrN3OSi-2. The topological polar surface area (TPSA) is 43.9 Å². The number of aromatic nitrogens is 3. The number of nitrogens with zero attached hydrogens (tertiary/aromatic N) is 3. The Morgan fingerprint density at radius 1 is 0.672 bits per heavy atom. The van der Waals surface area contributed by atoms with Crippen LogP contribution in [0.3, 0.4) is 0 Å². The first kappa shape index (κ1) is 44.2. The quantitative estimate of drug-likeness (QED) is 0.113. The van der Waals surface area contributed by atoms with Crippen LogP contribution in [0.1, 0.15) is 50.7 Å². The molecule has 0 aliphatic carbocycles. The minimum atomic E-state index is -2.04. The maximum absolute atomic E-state index is 6.74. The molecule has 0 aliphatic heterocycles. The van der Waals surface area contributed by atoms with Crippen LogP contribution in [0.5, 0.6) is 0 Å². The van der Waals surface area contributed by atoms with E-state index in [1.807, 2.05) is 36.5 Å². The van der Waals surface area contributed by atoms with Gasteiger partial charge in [0.25, 0.3) is 0 Å². The second kappa shape index (κ2) is 17.9. The van der Waals surface area contributed by atoms with Crippen LogP contribution in [-0.2, 0) is 20.1 Å². The second-order valence-electron chi connectivity index (χ2n) is 18.6. The van der Waals surface area contributed by atoms with Crippen molar-refractivity contribution in [2.24, 2.45) is 0 Å². The number of hydrogen-bond donors (Lipinski definition) is 0. The largest absolute Gasteiger partial charge is 0.305 e. The zero-order chi connectivity index (χ0) is 42.3. The summed E-state index contributed by atoms with van der Waals surface area (Å²) in [5, 5.41) is 3.64. The third-order valence-corrected chi connectivity index (χ3v) is 17.8. The van der Waals surface area contributed by atoms with Gasteiger partial charge in [0, 0.05) is 26.3 Å². The molecule has 4 nitrogen and oxygen atoms in total. The van der Waals surface area contributed by atoms with Crippen LogP contribution in [-0.4, -0.2) is 35.9 Å². The van der Waals surface area contributed by atoms with Crippen molar-refractivity contribution in [1.82, 2.24) is 14.5 Å². The third kappa shape index (κ3) is 9.06. The maximum atomic E-state index is 6.74. The van der Waals surface area contributed by atoms with Gasteiger partial charge in [0.05, 0.1) is 8.07 Å². The van der Waals surface area contributed by atoms with E-state index < -0.39 is 21.3 Å². The minimum Gasteiger partial charge on any atom is -0.305 e. The fraction of sp³-hybridized carbons (Fsp3) is 0.222. The molecular weight excluding hydrogens is 1000 g/mol. The van der Waals surface area contributed by atoms with Crippen molar-refractivity contribution in [1.29, 1.82) is 0 Å². The average molecular weight is 1050 g/mol. The summed E-state index contributed by atoms with van der Waals surface area (Å²) in [4.78, 5) is 9.82. The number of benzene rings is 6. The van der Waals surface area contributed by atoms with Crippen LogP contribution in [0.4, 0.5) is 0 Å². The van der Waals surface area contributed by atoms with E-state index in [0.29, 0.717) is 11.8 Å². The molecule has 7 heteroatoms. The predicted molar refractivity (Wildman–Crippen MR) is 261 cm³/mol. The fourth-order valence-electron chi connectivity index (χ4n) is 7.96. The molecule has 61 heavy (non-hydrogen) atoms. The first-order valence-electron chi connectivity index (χ1n) is 21.2. The zero-order valence-electron chi connectivity index (χ0n) is 37.0. The molecule has 0 amide bonds. The van der Waals surface area contributed by atoms with Crippen LogP contribution in [0.2, 0.25) is 36.9 Å². The first-order chi connectivity index (χ1) is 28.7. The van der Waals surface area contributed by atoms with Crippen molar-refractivity contribution in [2.45, 2.75) is 76.4 Å². The summed E-state index contributed by atoms with van der Waals surface area (Å²) in [7, 11) is -1.23. The third-order valence-electron chi connectivity index (χ3n) is 11.4. The van der Waals surface area contributed by atoms with Crippen molar-refractivity contribution in [3.8, 4) is 39.5 Å². The Kier molecular flexibility index (Phi) is 12.9. The maximum Gasteiger partial charge on any atom is 0.0795 e. The molecule has 0 spiro atoms. The Morgan fingerprint density at radius 3 is 1.98 bits per heavy atom. The van der Waals surface area contributed by atoms with E-state index in [1.54, 1.807) is 0 Å². The molecule has 0 unspecified atom stereocenters. The van der Waals surface area contributed by atoms with Crippen molar-refractivity contribution in [3.63, 3.8) is 0 Å². The summed E-state index contributed by atoms with van der Waals surface area (Å²) in [6.07, 6.45) is 2.02. The van der Waals surface area contributed by atoms with E-state index >= 15 is 0 Å². The predicted octanol–water partition coefficient (Wildman–Crippen LogP) is 13.9. The number of rotatable bonds is 8. The van der Waals surface area contributed by atoms with Crippen molar-refractivity contribution < 1.29 is 24.5 Å². The van der Waals surface area contributed by atoms with E-state index in [1.165, 1.54) is 37.5 Å². The Balaban J connectivity index is 0.000000278. The van der Waals surface area contributed by atoms with Crippen molar-refractivity contribution in [3.05, 3.63) is 163 Å². The summed E-state index contributed by atoms with van der Waals surface area (Å²) in [6, 6.07) is 53.9. The van der Waals surface area contributed by atoms with Gasteiger partial charge in [0.15, 0.2) is 0 Å². The van der Waals surface area contributed by atoms with Gasteiger partial charge in [-0.25, -0.2) is 0 Å². The SMILES string of the molecule is CC(C)c1cc(-c2ccccc2)cc(C(C)C)c1-n1c(-c2[c-]ccc3c2oc2c[c]([Ge]([CH3])([CH3])[CH3])ccc23)nc2ccccc21.C[Si](C)(C)c1ccc(-c2[c-]cccc2)nc1.[Ir]. The molecule has 0 aliphatic rings. The molecule has 6 aromatic carbocycles. The standard InChI is InChI=1S/C40H39GeN2O.C14H16NSi.Ir/c1-25(2)33-22-28(27-14-9-8-10-15-27)23-34(26(3)4)38(33)43-36-19-12-11-18-35(36)42-40(43)32-17-13-16-31-30-21-20-29(41(5,6)7)24-37(30)44-39(31)32;1-16(2,3)13-9-10-14(15-11-13)12-7-5-4-6-8-12;/h8-16,18-26H,1-7H3;4-7,9-11H,1-3H3;/q2*-1;. The van der Waals surface area contributed by atoms with E-state index in [-0.39, 0.29) is 20.1 Å². The van der Waals surface area contributed by atoms with Gasteiger partial charge < -0.3 is 4.98 Å². The van der Waals surface area contributed by atoms with Crippen LogP contribution in [0.25, 0.3) is 72.4 Å². The fourth-order valence-corrected chi connectivity index (χ4v) is 11.4. The number of furan rings is 1. The first-order valence-corrected chi connectivity index (χ1v) is 32.1.